The van der Waals surface area contributed by atoms with E-state index in [0.717, 1.165) is 5.01 Å². The van der Waals surface area contributed by atoms with Gasteiger partial charge in [0.2, 0.25) is 11.0 Å². The first-order valence-corrected chi connectivity index (χ1v) is 5.20. The van der Waals surface area contributed by atoms with Crippen molar-refractivity contribution in [3.63, 3.8) is 0 Å². The van der Waals surface area contributed by atoms with Gasteiger partial charge in [-0.25, -0.2) is 0 Å². The highest BCUT2D eigenvalue weighted by molar-refractivity contribution is 7.15. The summed E-state index contributed by atoms with van der Waals surface area (Å²) in [5.74, 6) is -0.0975. The van der Waals surface area contributed by atoms with E-state index in [-0.39, 0.29) is 11.8 Å². The maximum absolute atomic E-state index is 11.5. The van der Waals surface area contributed by atoms with Crippen molar-refractivity contribution in [2.24, 2.45) is 5.92 Å². The number of amides is 1. The maximum Gasteiger partial charge on any atom is 0.230 e. The van der Waals surface area contributed by atoms with Crippen LogP contribution in [0.15, 0.2) is 0 Å². The molecular formula is C8H14N4OS. The number of carbonyl (C=O) groups is 1. The molecule has 14 heavy (non-hydrogen) atoms. The molecule has 0 aliphatic carbocycles. The molecule has 0 spiro atoms. The molecule has 1 rings (SSSR count). The lowest BCUT2D eigenvalue weighted by Crippen LogP contribution is -2.28. The molecule has 1 amide bonds. The molecule has 0 aromatic carbocycles. The molecule has 0 fully saturated rings. The molecule has 6 heteroatoms. The van der Waals surface area contributed by atoms with Gasteiger partial charge in [0.05, 0.1) is 0 Å². The monoisotopic (exact) mass is 214 g/mol. The van der Waals surface area contributed by atoms with E-state index >= 15 is 0 Å². The Kier molecular flexibility index (Phi) is 3.97. The second-order valence-electron chi connectivity index (χ2n) is 3.07. The number of aromatic nitrogens is 2. The van der Waals surface area contributed by atoms with Crippen molar-refractivity contribution < 1.29 is 4.79 Å². The van der Waals surface area contributed by atoms with Gasteiger partial charge in [0.25, 0.3) is 0 Å². The molecule has 0 radical (unpaired) electrons. The highest BCUT2D eigenvalue weighted by Gasteiger charge is 2.13. The molecule has 0 bridgehead atoms. The first kappa shape index (κ1) is 11.1. The van der Waals surface area contributed by atoms with Crippen molar-refractivity contribution in [1.82, 2.24) is 15.5 Å². The van der Waals surface area contributed by atoms with E-state index in [1.54, 1.807) is 0 Å². The van der Waals surface area contributed by atoms with Crippen LogP contribution < -0.4 is 10.6 Å². The highest BCUT2D eigenvalue weighted by Crippen LogP contribution is 2.14. The molecule has 1 atom stereocenters. The number of hydrogen-bond acceptors (Lipinski definition) is 5. The summed E-state index contributed by atoms with van der Waals surface area (Å²) in [6.07, 6.45) is 0. The summed E-state index contributed by atoms with van der Waals surface area (Å²) in [5, 5.41) is 14.7. The van der Waals surface area contributed by atoms with Crippen LogP contribution in [0.2, 0.25) is 0 Å². The van der Waals surface area contributed by atoms with Crippen LogP contribution in [0.1, 0.15) is 11.9 Å². The van der Waals surface area contributed by atoms with E-state index in [4.69, 9.17) is 0 Å². The molecule has 0 aliphatic heterocycles. The Morgan fingerprint density at radius 3 is 2.79 bits per heavy atom. The smallest absolute Gasteiger partial charge is 0.230 e. The van der Waals surface area contributed by atoms with E-state index in [1.165, 1.54) is 11.3 Å². The van der Waals surface area contributed by atoms with Gasteiger partial charge in [-0.3, -0.25) is 4.79 Å². The Labute approximate surface area is 86.9 Å². The Hall–Kier alpha value is -1.01. The SMILES string of the molecule is CNCC(C)C(=O)Nc1nnc(C)s1. The van der Waals surface area contributed by atoms with Crippen molar-refractivity contribution in [3.8, 4) is 0 Å². The number of aryl methyl sites for hydroxylation is 1. The molecule has 1 unspecified atom stereocenters. The minimum atomic E-state index is -0.0655. The Balaban J connectivity index is 2.48. The lowest BCUT2D eigenvalue weighted by Gasteiger charge is -2.08. The van der Waals surface area contributed by atoms with E-state index < -0.39 is 0 Å². The van der Waals surface area contributed by atoms with Gasteiger partial charge in [-0.05, 0) is 14.0 Å². The summed E-state index contributed by atoms with van der Waals surface area (Å²) < 4.78 is 0. The van der Waals surface area contributed by atoms with Crippen LogP contribution in [0, 0.1) is 12.8 Å². The number of nitrogens with zero attached hydrogens (tertiary/aromatic N) is 2. The lowest BCUT2D eigenvalue weighted by molar-refractivity contribution is -0.119. The number of nitrogens with one attached hydrogen (secondary N) is 2. The topological polar surface area (TPSA) is 66.9 Å². The largest absolute Gasteiger partial charge is 0.319 e. The van der Waals surface area contributed by atoms with Gasteiger partial charge in [0, 0.05) is 12.5 Å². The molecule has 0 saturated carbocycles. The highest BCUT2D eigenvalue weighted by atomic mass is 32.1. The molecule has 0 aliphatic rings. The third-order valence-corrected chi connectivity index (χ3v) is 2.47. The molecule has 78 valence electrons. The normalized spacial score (nSPS) is 12.5. The molecule has 1 aromatic rings. The van der Waals surface area contributed by atoms with Crippen molar-refractivity contribution in [3.05, 3.63) is 5.01 Å². The number of hydrogen-bond donors (Lipinski definition) is 2. The zero-order chi connectivity index (χ0) is 10.6. The standard InChI is InChI=1S/C8H14N4OS/c1-5(4-9-3)7(13)10-8-12-11-6(2)14-8/h5,9H,4H2,1-3H3,(H,10,12,13). The van der Waals surface area contributed by atoms with Crippen molar-refractivity contribution in [1.29, 1.82) is 0 Å². The van der Waals surface area contributed by atoms with Crippen molar-refractivity contribution in [2.45, 2.75) is 13.8 Å². The van der Waals surface area contributed by atoms with Gasteiger partial charge >= 0.3 is 0 Å². The van der Waals surface area contributed by atoms with Crippen LogP contribution >= 0.6 is 11.3 Å². The van der Waals surface area contributed by atoms with Crippen LogP contribution in [0.25, 0.3) is 0 Å². The van der Waals surface area contributed by atoms with Crippen molar-refractivity contribution in [2.75, 3.05) is 18.9 Å². The predicted octanol–water partition coefficient (Wildman–Crippen LogP) is 0.641. The van der Waals surface area contributed by atoms with Crippen LogP contribution in [0.3, 0.4) is 0 Å². The van der Waals surface area contributed by atoms with Crippen LogP contribution in [-0.4, -0.2) is 29.7 Å². The van der Waals surface area contributed by atoms with Gasteiger partial charge in [0.1, 0.15) is 5.01 Å². The van der Waals surface area contributed by atoms with Crippen molar-refractivity contribution >= 4 is 22.4 Å². The minimum Gasteiger partial charge on any atom is -0.319 e. The van der Waals surface area contributed by atoms with Gasteiger partial charge in [-0.15, -0.1) is 10.2 Å². The summed E-state index contributed by atoms with van der Waals surface area (Å²) in [7, 11) is 1.82. The Morgan fingerprint density at radius 2 is 2.29 bits per heavy atom. The van der Waals surface area contributed by atoms with E-state index in [9.17, 15) is 4.79 Å². The summed E-state index contributed by atoms with van der Waals surface area (Å²) in [5.41, 5.74) is 0. The fourth-order valence-corrected chi connectivity index (χ4v) is 1.57. The molecule has 1 aromatic heterocycles. The zero-order valence-electron chi connectivity index (χ0n) is 8.50. The summed E-state index contributed by atoms with van der Waals surface area (Å²) in [6, 6.07) is 0. The van der Waals surface area contributed by atoms with Crippen LogP contribution in [0.5, 0.6) is 0 Å². The molecule has 2 N–H and O–H groups in total. The lowest BCUT2D eigenvalue weighted by atomic mass is 10.2. The third-order valence-electron chi connectivity index (χ3n) is 1.71. The summed E-state index contributed by atoms with van der Waals surface area (Å²) in [6.45, 7) is 4.37. The van der Waals surface area contributed by atoms with Gasteiger partial charge in [-0.2, -0.15) is 0 Å². The molecule has 0 saturated heterocycles. The van der Waals surface area contributed by atoms with Gasteiger partial charge < -0.3 is 10.6 Å². The van der Waals surface area contributed by atoms with E-state index in [2.05, 4.69) is 20.8 Å². The maximum atomic E-state index is 11.5. The Morgan fingerprint density at radius 1 is 1.57 bits per heavy atom. The predicted molar refractivity (Wildman–Crippen MR) is 56.4 cm³/mol. The van der Waals surface area contributed by atoms with E-state index in [1.807, 2.05) is 20.9 Å². The fraction of sp³-hybridized carbons (Fsp3) is 0.625. The average molecular weight is 214 g/mol. The first-order valence-electron chi connectivity index (χ1n) is 4.39. The number of carbonyl (C=O) groups excluding carboxylic acids is 1. The fourth-order valence-electron chi connectivity index (χ4n) is 0.975. The minimum absolute atomic E-state index is 0.0319. The molecular weight excluding hydrogens is 200 g/mol. The number of rotatable bonds is 4. The van der Waals surface area contributed by atoms with Gasteiger partial charge in [-0.1, -0.05) is 18.3 Å². The molecule has 5 nitrogen and oxygen atoms in total. The summed E-state index contributed by atoms with van der Waals surface area (Å²) >= 11 is 1.38. The van der Waals surface area contributed by atoms with E-state index in [0.29, 0.717) is 11.7 Å². The average Bonchev–Trinajstić information content (AvgIpc) is 2.51. The quantitative estimate of drug-likeness (QED) is 0.772. The third kappa shape index (κ3) is 3.04. The van der Waals surface area contributed by atoms with Crippen LogP contribution in [-0.2, 0) is 4.79 Å². The summed E-state index contributed by atoms with van der Waals surface area (Å²) in [4.78, 5) is 11.5. The second kappa shape index (κ2) is 5.02. The first-order chi connectivity index (χ1) is 6.63. The Bertz CT molecular complexity index is 312. The van der Waals surface area contributed by atoms with Crippen LogP contribution in [0.4, 0.5) is 5.13 Å². The second-order valence-corrected chi connectivity index (χ2v) is 4.26. The van der Waals surface area contributed by atoms with Gasteiger partial charge in [0.15, 0.2) is 0 Å². The number of anilines is 1. The molecule has 1 heterocycles. The zero-order valence-corrected chi connectivity index (χ0v) is 9.31.